The molecule has 0 saturated heterocycles. The summed E-state index contributed by atoms with van der Waals surface area (Å²) in [5.74, 6) is 0. The van der Waals surface area contributed by atoms with Gasteiger partial charge < -0.3 is 0 Å². The van der Waals surface area contributed by atoms with Crippen LogP contribution in [0, 0.1) is 5.41 Å². The molecule has 0 bridgehead atoms. The number of aryl methyl sites for hydroxylation is 1. The predicted octanol–water partition coefficient (Wildman–Crippen LogP) is 9.34. The lowest BCUT2D eigenvalue weighted by atomic mass is 9.84. The van der Waals surface area contributed by atoms with Crippen LogP contribution in [0.4, 0.5) is 0 Å². The second-order valence-corrected chi connectivity index (χ2v) is 11.8. The van der Waals surface area contributed by atoms with E-state index in [0.29, 0.717) is 0 Å². The van der Waals surface area contributed by atoms with Gasteiger partial charge in [0.05, 0.1) is 0 Å². The Morgan fingerprint density at radius 2 is 1.62 bits per heavy atom. The Bertz CT molecular complexity index is 1030. The van der Waals surface area contributed by atoms with Gasteiger partial charge in [-0.05, 0) is 75.5 Å². The van der Waals surface area contributed by atoms with Gasteiger partial charge in [-0.15, -0.1) is 0 Å². The molecule has 0 atom stereocenters. The van der Waals surface area contributed by atoms with E-state index in [1.54, 1.807) is 0 Å². The van der Waals surface area contributed by atoms with Crippen molar-refractivity contribution in [1.29, 1.82) is 0 Å². The van der Waals surface area contributed by atoms with Crippen molar-refractivity contribution in [1.82, 2.24) is 0 Å². The second kappa shape index (κ2) is 9.65. The predicted molar refractivity (Wildman–Crippen MR) is 143 cm³/mol. The van der Waals surface area contributed by atoms with E-state index >= 15 is 0 Å². The normalized spacial score (nSPS) is 14.3. The minimum absolute atomic E-state index is 0.170. The van der Waals surface area contributed by atoms with Crippen molar-refractivity contribution < 1.29 is 0 Å². The number of hydrogen-bond donors (Lipinski definition) is 0. The van der Waals surface area contributed by atoms with Crippen molar-refractivity contribution in [3.63, 3.8) is 0 Å². The monoisotopic (exact) mass is 426 g/mol. The summed E-state index contributed by atoms with van der Waals surface area (Å²) in [5, 5.41) is 0. The largest absolute Gasteiger partial charge is 0.0995 e. The highest BCUT2D eigenvalue weighted by atomic mass is 14.2. The molecule has 0 N–H and O–H groups in total. The molecule has 170 valence electrons. The average Bonchev–Trinajstić information content (AvgIpc) is 3.17. The Labute approximate surface area is 197 Å². The molecule has 2 aromatic carbocycles. The van der Waals surface area contributed by atoms with Crippen molar-refractivity contribution in [2.45, 2.75) is 86.0 Å². The average molecular weight is 427 g/mol. The number of rotatable bonds is 7. The summed E-state index contributed by atoms with van der Waals surface area (Å²) in [6.07, 6.45) is 10.0. The minimum Gasteiger partial charge on any atom is -0.0995 e. The van der Waals surface area contributed by atoms with Gasteiger partial charge in [0.2, 0.25) is 0 Å². The summed E-state index contributed by atoms with van der Waals surface area (Å²) in [6.45, 7) is 20.4. The summed E-state index contributed by atoms with van der Waals surface area (Å²) in [4.78, 5) is 0. The molecular formula is C32H42. The lowest BCUT2D eigenvalue weighted by molar-refractivity contribution is 0.407. The highest BCUT2D eigenvalue weighted by Crippen LogP contribution is 2.37. The van der Waals surface area contributed by atoms with Gasteiger partial charge in [0.1, 0.15) is 0 Å². The molecule has 2 aromatic rings. The molecule has 3 rings (SSSR count). The molecule has 0 heteroatoms. The SMILES string of the molecule is C=C(Cc1ccc(CCC)c(C2=CC=C(c3cccc(C(C)(C)C)c3)C2)c1)CC(C)(C)C. The Hall–Kier alpha value is -2.34. The molecular weight excluding hydrogens is 384 g/mol. The molecule has 0 aliphatic heterocycles. The van der Waals surface area contributed by atoms with E-state index in [-0.39, 0.29) is 10.8 Å². The summed E-state index contributed by atoms with van der Waals surface area (Å²) in [5.41, 5.74) is 11.7. The highest BCUT2D eigenvalue weighted by Gasteiger charge is 2.19. The van der Waals surface area contributed by atoms with Crippen LogP contribution in [0.5, 0.6) is 0 Å². The molecule has 0 radical (unpaired) electrons. The molecule has 0 nitrogen and oxygen atoms in total. The van der Waals surface area contributed by atoms with E-state index in [0.717, 1.165) is 25.7 Å². The topological polar surface area (TPSA) is 0 Å². The van der Waals surface area contributed by atoms with Gasteiger partial charge in [0, 0.05) is 0 Å². The summed E-state index contributed by atoms with van der Waals surface area (Å²) in [7, 11) is 0. The molecule has 0 aromatic heterocycles. The van der Waals surface area contributed by atoms with Gasteiger partial charge in [-0.2, -0.15) is 0 Å². The first kappa shape index (κ1) is 24.3. The number of hydrogen-bond acceptors (Lipinski definition) is 0. The van der Waals surface area contributed by atoms with E-state index in [1.165, 1.54) is 51.0 Å². The van der Waals surface area contributed by atoms with Crippen LogP contribution in [0.1, 0.15) is 95.5 Å². The van der Waals surface area contributed by atoms with Gasteiger partial charge in [-0.1, -0.05) is 122 Å². The molecule has 0 fully saturated rings. The second-order valence-electron chi connectivity index (χ2n) is 11.8. The van der Waals surface area contributed by atoms with Crippen LogP contribution in [-0.4, -0.2) is 0 Å². The Morgan fingerprint density at radius 3 is 2.28 bits per heavy atom. The van der Waals surface area contributed by atoms with Crippen molar-refractivity contribution in [3.8, 4) is 0 Å². The maximum atomic E-state index is 4.38. The lowest BCUT2D eigenvalue weighted by Gasteiger charge is -2.21. The fourth-order valence-corrected chi connectivity index (χ4v) is 4.71. The number of allylic oxidation sites excluding steroid dienone is 5. The zero-order valence-electron chi connectivity index (χ0n) is 21.4. The van der Waals surface area contributed by atoms with Crippen LogP contribution in [0.2, 0.25) is 0 Å². The molecule has 32 heavy (non-hydrogen) atoms. The van der Waals surface area contributed by atoms with Gasteiger partial charge >= 0.3 is 0 Å². The lowest BCUT2D eigenvalue weighted by Crippen LogP contribution is -2.11. The zero-order chi connectivity index (χ0) is 23.5. The summed E-state index contributed by atoms with van der Waals surface area (Å²) in [6, 6.07) is 16.2. The minimum atomic E-state index is 0.170. The molecule has 1 aliphatic rings. The van der Waals surface area contributed by atoms with Crippen LogP contribution in [0.15, 0.2) is 66.8 Å². The van der Waals surface area contributed by atoms with Crippen LogP contribution in [0.25, 0.3) is 11.1 Å². The fourth-order valence-electron chi connectivity index (χ4n) is 4.71. The fraction of sp³-hybridized carbons (Fsp3) is 0.438. The Kier molecular flexibility index (Phi) is 7.33. The molecule has 0 spiro atoms. The van der Waals surface area contributed by atoms with Crippen molar-refractivity contribution in [2.75, 3.05) is 0 Å². The first-order valence-corrected chi connectivity index (χ1v) is 12.3. The van der Waals surface area contributed by atoms with Gasteiger partial charge in [0.25, 0.3) is 0 Å². The quantitative estimate of drug-likeness (QED) is 0.387. The molecule has 0 unspecified atom stereocenters. The Morgan fingerprint density at radius 1 is 0.906 bits per heavy atom. The summed E-state index contributed by atoms with van der Waals surface area (Å²) < 4.78 is 0. The van der Waals surface area contributed by atoms with E-state index in [1.807, 2.05) is 0 Å². The first-order chi connectivity index (χ1) is 15.0. The molecule has 0 amide bonds. The van der Waals surface area contributed by atoms with Crippen LogP contribution < -0.4 is 0 Å². The van der Waals surface area contributed by atoms with E-state index < -0.39 is 0 Å². The van der Waals surface area contributed by atoms with Crippen molar-refractivity contribution >= 4 is 11.1 Å². The maximum Gasteiger partial charge on any atom is -0.00138 e. The van der Waals surface area contributed by atoms with Gasteiger partial charge in [-0.25, -0.2) is 0 Å². The van der Waals surface area contributed by atoms with Crippen LogP contribution >= 0.6 is 0 Å². The van der Waals surface area contributed by atoms with Gasteiger partial charge in [0.15, 0.2) is 0 Å². The standard InChI is InChI=1S/C32H42/c1-9-11-25-15-14-24(18-23(2)22-31(3,4)5)19-30(25)28-17-16-27(20-28)26-12-10-13-29(21-26)32(6,7)8/h10,12-17,19,21H,2,9,11,18,20,22H2,1,3-8H3. The van der Waals surface area contributed by atoms with E-state index in [2.05, 4.69) is 110 Å². The smallest absolute Gasteiger partial charge is 0.00138 e. The third kappa shape index (κ3) is 6.35. The zero-order valence-corrected chi connectivity index (χ0v) is 21.4. The number of benzene rings is 2. The third-order valence-corrected chi connectivity index (χ3v) is 6.24. The third-order valence-electron chi connectivity index (χ3n) is 6.24. The Balaban J connectivity index is 1.82. The van der Waals surface area contributed by atoms with Crippen LogP contribution in [0.3, 0.4) is 0 Å². The van der Waals surface area contributed by atoms with Crippen molar-refractivity contribution in [3.05, 3.63) is 94.6 Å². The molecule has 0 saturated carbocycles. The maximum absolute atomic E-state index is 4.38. The summed E-state index contributed by atoms with van der Waals surface area (Å²) >= 11 is 0. The van der Waals surface area contributed by atoms with Crippen LogP contribution in [-0.2, 0) is 18.3 Å². The molecule has 1 aliphatic carbocycles. The van der Waals surface area contributed by atoms with Crippen molar-refractivity contribution in [2.24, 2.45) is 5.41 Å². The molecule has 0 heterocycles. The van der Waals surface area contributed by atoms with Gasteiger partial charge in [-0.3, -0.25) is 0 Å². The van der Waals surface area contributed by atoms with E-state index in [9.17, 15) is 0 Å². The van der Waals surface area contributed by atoms with E-state index in [4.69, 9.17) is 0 Å². The highest BCUT2D eigenvalue weighted by molar-refractivity contribution is 5.87. The first-order valence-electron chi connectivity index (χ1n) is 12.3.